The summed E-state index contributed by atoms with van der Waals surface area (Å²) in [6.07, 6.45) is 0. The zero-order valence-electron chi connectivity index (χ0n) is 11.0. The molecule has 3 nitrogen and oxygen atoms in total. The van der Waals surface area contributed by atoms with Crippen molar-refractivity contribution in [1.29, 1.82) is 0 Å². The Morgan fingerprint density at radius 3 is 1.86 bits per heavy atom. The number of para-hydroxylation sites is 2. The van der Waals surface area contributed by atoms with Gasteiger partial charge in [0.15, 0.2) is 0 Å². The highest BCUT2D eigenvalue weighted by molar-refractivity contribution is 8.15. The van der Waals surface area contributed by atoms with Crippen molar-refractivity contribution in [1.82, 2.24) is 0 Å². The molecule has 3 aromatic rings. The fourth-order valence-electron chi connectivity index (χ4n) is 2.43. The second-order valence-electron chi connectivity index (χ2n) is 4.50. The summed E-state index contributed by atoms with van der Waals surface area (Å²) in [5.74, 6) is 0. The summed E-state index contributed by atoms with van der Waals surface area (Å²) in [6, 6.07) is 14.5. The quantitative estimate of drug-likeness (QED) is 0.306. The normalized spacial score (nSPS) is 14.1. The van der Waals surface area contributed by atoms with Crippen molar-refractivity contribution in [2.45, 2.75) is 0 Å². The molecule has 1 N–H and O–H groups in total. The molecule has 1 heterocycles. The largest absolute Gasteiger partial charge is 0.493 e. The molecule has 0 aliphatic carbocycles. The molecule has 1 atom stereocenters. The van der Waals surface area contributed by atoms with E-state index in [1.807, 2.05) is 36.4 Å². The third-order valence-corrected chi connectivity index (χ3v) is 5.11. The molecule has 0 fully saturated rings. The van der Waals surface area contributed by atoms with Crippen molar-refractivity contribution in [2.75, 3.05) is 0 Å². The van der Waals surface area contributed by atoms with Crippen LogP contribution in [0.25, 0.3) is 26.8 Å². The van der Waals surface area contributed by atoms with Crippen LogP contribution in [0.4, 0.5) is 0 Å². The zero-order valence-corrected chi connectivity index (χ0v) is 14.0. The van der Waals surface area contributed by atoms with E-state index in [2.05, 4.69) is 0 Å². The Bertz CT molecular complexity index is 895. The number of nitrogens with zero attached hydrogens (tertiary/aromatic N) is 1. The number of hydrogen-bond acceptors (Lipinski definition) is 2. The van der Waals surface area contributed by atoms with Crippen LogP contribution in [0.1, 0.15) is 0 Å². The van der Waals surface area contributed by atoms with Gasteiger partial charge in [-0.05, 0) is 23.7 Å². The Morgan fingerprint density at radius 2 is 1.45 bits per heavy atom. The van der Waals surface area contributed by atoms with E-state index in [1.165, 1.54) is 0 Å². The molecule has 1 aromatic heterocycles. The Hall–Kier alpha value is -1.33. The van der Waals surface area contributed by atoms with Crippen molar-refractivity contribution < 1.29 is 13.9 Å². The van der Waals surface area contributed by atoms with Gasteiger partial charge in [-0.25, -0.2) is 4.21 Å². The summed E-state index contributed by atoms with van der Waals surface area (Å²) in [4.78, 5) is 0. The van der Waals surface area contributed by atoms with Crippen LogP contribution in [0.2, 0.25) is 5.02 Å². The first-order valence-electron chi connectivity index (χ1n) is 6.20. The fraction of sp³-hybridized carbons (Fsp3) is 0. The molecule has 7 heteroatoms. The molecule has 1 unspecified atom stereocenters. The van der Waals surface area contributed by atoms with E-state index in [0.29, 0.717) is 16.1 Å². The number of aromatic nitrogens is 1. The number of halogens is 3. The van der Waals surface area contributed by atoms with Gasteiger partial charge in [0.05, 0.1) is 15.8 Å². The lowest BCUT2D eigenvalue weighted by Gasteiger charge is -2.08. The Kier molecular flexibility index (Phi) is 4.28. The molecule has 0 saturated carbocycles. The number of hydrogen-bond donors (Lipinski definition) is 1. The van der Waals surface area contributed by atoms with E-state index in [1.54, 1.807) is 16.7 Å². The lowest BCUT2D eigenvalue weighted by Crippen LogP contribution is -2.36. The predicted octanol–water partition coefficient (Wildman–Crippen LogP) is 4.72. The molecule has 0 amide bonds. The van der Waals surface area contributed by atoms with E-state index in [-0.39, 0.29) is 5.03 Å². The van der Waals surface area contributed by atoms with E-state index in [0.717, 1.165) is 10.8 Å². The number of aliphatic hydroxyl groups is 1. The highest BCUT2D eigenvalue weighted by atomic mass is 35.7. The maximum atomic E-state index is 11.9. The third kappa shape index (κ3) is 2.46. The minimum atomic E-state index is -2.01. The maximum Gasteiger partial charge on any atom is 0.346 e. The molecule has 0 aliphatic rings. The van der Waals surface area contributed by atoms with Gasteiger partial charge in [0.1, 0.15) is 0 Å². The standard InChI is InChI=1S/C15H8Cl3NO2S/c16-13-9-5-1-3-7-11(9)19(15(14(17)20)22(18)21)12-8-4-2-6-10(12)13/h1-8H/p+1. The minimum absolute atomic E-state index is 0.104. The van der Waals surface area contributed by atoms with Gasteiger partial charge in [-0.15, -0.1) is 4.57 Å². The summed E-state index contributed by atoms with van der Waals surface area (Å²) < 4.78 is 13.4. The van der Waals surface area contributed by atoms with Crippen LogP contribution in [0.5, 0.6) is 0 Å². The van der Waals surface area contributed by atoms with Crippen molar-refractivity contribution in [3.05, 3.63) is 58.8 Å². The molecule has 112 valence electrons. The first-order chi connectivity index (χ1) is 10.5. The van der Waals surface area contributed by atoms with E-state index in [4.69, 9.17) is 33.9 Å². The van der Waals surface area contributed by atoms with Crippen LogP contribution >= 0.6 is 33.9 Å². The van der Waals surface area contributed by atoms with Crippen molar-refractivity contribution in [3.8, 4) is 0 Å². The van der Waals surface area contributed by atoms with Gasteiger partial charge >= 0.3 is 5.03 Å². The van der Waals surface area contributed by atoms with Crippen LogP contribution in [0, 0.1) is 0 Å². The van der Waals surface area contributed by atoms with Gasteiger partial charge in [0, 0.05) is 22.8 Å². The van der Waals surface area contributed by atoms with Crippen molar-refractivity contribution >= 4 is 70.7 Å². The number of rotatable bonds is 2. The second kappa shape index (κ2) is 6.05. The van der Waals surface area contributed by atoms with Crippen LogP contribution in [-0.2, 0) is 10.0 Å². The average Bonchev–Trinajstić information content (AvgIpc) is 2.50. The second-order valence-corrected chi connectivity index (χ2v) is 6.91. The molecular formula is C15H9Cl3NO2S+. The number of aliphatic hydroxyl groups excluding tert-OH is 1. The van der Waals surface area contributed by atoms with Gasteiger partial charge in [-0.3, -0.25) is 0 Å². The molecule has 0 aliphatic heterocycles. The van der Waals surface area contributed by atoms with E-state index >= 15 is 0 Å². The average molecular weight is 374 g/mol. The lowest BCUT2D eigenvalue weighted by molar-refractivity contribution is -0.515. The first-order valence-corrected chi connectivity index (χ1v) is 8.93. The summed E-state index contributed by atoms with van der Waals surface area (Å²) in [5, 5.41) is 11.0. The summed E-state index contributed by atoms with van der Waals surface area (Å²) in [6.45, 7) is 0. The van der Waals surface area contributed by atoms with Crippen LogP contribution in [-0.4, -0.2) is 9.32 Å². The van der Waals surface area contributed by atoms with Gasteiger partial charge in [0.2, 0.25) is 21.0 Å². The Morgan fingerprint density at radius 1 is 1.00 bits per heavy atom. The Balaban J connectivity index is 2.64. The molecule has 0 bridgehead atoms. The van der Waals surface area contributed by atoms with Crippen LogP contribution in [0.3, 0.4) is 0 Å². The molecule has 0 radical (unpaired) electrons. The van der Waals surface area contributed by atoms with Gasteiger partial charge in [-0.1, -0.05) is 35.9 Å². The smallest absolute Gasteiger partial charge is 0.346 e. The zero-order chi connectivity index (χ0) is 15.9. The Labute approximate surface area is 143 Å². The molecule has 2 aromatic carbocycles. The van der Waals surface area contributed by atoms with Crippen molar-refractivity contribution in [3.63, 3.8) is 0 Å². The SMILES string of the molecule is O=S(Cl)C(=C(O)Cl)[n+]1c2ccccc2c(Cl)c2ccccc21. The monoisotopic (exact) mass is 372 g/mol. The van der Waals surface area contributed by atoms with Gasteiger partial charge < -0.3 is 5.11 Å². The van der Waals surface area contributed by atoms with Crippen LogP contribution < -0.4 is 4.57 Å². The third-order valence-electron chi connectivity index (χ3n) is 3.29. The van der Waals surface area contributed by atoms with Crippen LogP contribution in [0.15, 0.2) is 53.7 Å². The lowest BCUT2D eigenvalue weighted by atomic mass is 10.1. The summed E-state index contributed by atoms with van der Waals surface area (Å²) in [5.41, 5.74) is 1.28. The minimum Gasteiger partial charge on any atom is -0.493 e. The molecular weight excluding hydrogens is 365 g/mol. The topological polar surface area (TPSA) is 41.2 Å². The highest BCUT2D eigenvalue weighted by Crippen LogP contribution is 2.31. The predicted molar refractivity (Wildman–Crippen MR) is 92.4 cm³/mol. The number of fused-ring (bicyclic) bond motifs is 2. The van der Waals surface area contributed by atoms with E-state index in [9.17, 15) is 9.32 Å². The molecule has 3 rings (SSSR count). The molecule has 0 saturated heterocycles. The van der Waals surface area contributed by atoms with E-state index < -0.39 is 15.2 Å². The number of benzene rings is 2. The van der Waals surface area contributed by atoms with Crippen molar-refractivity contribution in [2.24, 2.45) is 0 Å². The van der Waals surface area contributed by atoms with Gasteiger partial charge in [0.25, 0.3) is 5.22 Å². The summed E-state index contributed by atoms with van der Waals surface area (Å²) >= 11 is 12.2. The molecule has 22 heavy (non-hydrogen) atoms. The number of pyridine rings is 1. The maximum absolute atomic E-state index is 11.9. The van der Waals surface area contributed by atoms with Gasteiger partial charge in [-0.2, -0.15) is 0 Å². The highest BCUT2D eigenvalue weighted by Gasteiger charge is 2.29. The first kappa shape index (κ1) is 15.6. The molecule has 0 spiro atoms. The fourth-order valence-corrected chi connectivity index (χ4v) is 4.06. The summed E-state index contributed by atoms with van der Waals surface area (Å²) in [7, 11) is 3.72.